The second kappa shape index (κ2) is 4.61. The van der Waals surface area contributed by atoms with E-state index in [9.17, 15) is 14.7 Å². The Labute approximate surface area is 98.1 Å². The van der Waals surface area contributed by atoms with Crippen molar-refractivity contribution >= 4 is 5.97 Å². The number of aromatic nitrogens is 1. The van der Waals surface area contributed by atoms with E-state index < -0.39 is 11.9 Å². The number of carboxylic acid groups (broad SMARTS) is 1. The molecule has 0 bridgehead atoms. The van der Waals surface area contributed by atoms with Crippen molar-refractivity contribution in [1.29, 1.82) is 0 Å². The molecular formula is C12H15NO4. The average Bonchev–Trinajstić information content (AvgIpc) is 2.29. The van der Waals surface area contributed by atoms with E-state index in [2.05, 4.69) is 4.98 Å². The number of hydrogen-bond donors (Lipinski definition) is 3. The highest BCUT2D eigenvalue weighted by Crippen LogP contribution is 2.40. The zero-order chi connectivity index (χ0) is 12.4. The molecule has 0 amide bonds. The van der Waals surface area contributed by atoms with Crippen molar-refractivity contribution in [2.45, 2.75) is 31.6 Å². The molecule has 92 valence electrons. The molecule has 5 heteroatoms. The molecule has 0 radical (unpaired) electrons. The summed E-state index contributed by atoms with van der Waals surface area (Å²) in [7, 11) is 0. The van der Waals surface area contributed by atoms with Gasteiger partial charge in [0.15, 0.2) is 0 Å². The molecule has 0 spiro atoms. The Morgan fingerprint density at radius 2 is 2.06 bits per heavy atom. The highest BCUT2D eigenvalue weighted by atomic mass is 16.4. The summed E-state index contributed by atoms with van der Waals surface area (Å²) in [6.07, 6.45) is 4.64. The molecule has 0 unspecified atom stereocenters. The molecule has 17 heavy (non-hydrogen) atoms. The molecule has 2 rings (SSSR count). The predicted molar refractivity (Wildman–Crippen MR) is 61.1 cm³/mol. The van der Waals surface area contributed by atoms with E-state index in [-0.39, 0.29) is 17.2 Å². The van der Waals surface area contributed by atoms with Crippen molar-refractivity contribution in [3.8, 4) is 5.75 Å². The molecule has 1 aromatic heterocycles. The molecule has 2 atom stereocenters. The maximum absolute atomic E-state index is 11.2. The fourth-order valence-corrected chi connectivity index (χ4v) is 2.57. The van der Waals surface area contributed by atoms with Crippen LogP contribution in [-0.2, 0) is 4.79 Å². The number of aromatic amines is 1. The Morgan fingerprint density at radius 3 is 2.71 bits per heavy atom. The van der Waals surface area contributed by atoms with Crippen LogP contribution in [0.5, 0.6) is 5.75 Å². The van der Waals surface area contributed by atoms with Crippen molar-refractivity contribution in [2.75, 3.05) is 0 Å². The van der Waals surface area contributed by atoms with Crippen LogP contribution >= 0.6 is 0 Å². The average molecular weight is 237 g/mol. The third-order valence-electron chi connectivity index (χ3n) is 3.42. The first kappa shape index (κ1) is 11.7. The Bertz CT molecular complexity index is 480. The minimum Gasteiger partial charge on any atom is -0.507 e. The van der Waals surface area contributed by atoms with Gasteiger partial charge in [0.2, 0.25) is 0 Å². The number of carboxylic acids is 1. The largest absolute Gasteiger partial charge is 0.507 e. The number of aromatic hydroxyl groups is 1. The third-order valence-corrected chi connectivity index (χ3v) is 3.42. The Morgan fingerprint density at radius 1 is 1.35 bits per heavy atom. The van der Waals surface area contributed by atoms with Gasteiger partial charge in [-0.3, -0.25) is 9.59 Å². The fraction of sp³-hybridized carbons (Fsp3) is 0.500. The first-order valence-electron chi connectivity index (χ1n) is 5.74. The minimum atomic E-state index is -0.833. The SMILES string of the molecule is O=C(O)[C@H]1CCCC[C@@H]1c1c[nH]c(=O)cc1O. The number of rotatable bonds is 2. The minimum absolute atomic E-state index is 0.105. The lowest BCUT2D eigenvalue weighted by molar-refractivity contribution is -0.143. The van der Waals surface area contributed by atoms with E-state index in [4.69, 9.17) is 5.11 Å². The number of pyridine rings is 1. The molecular weight excluding hydrogens is 222 g/mol. The number of H-pyrrole nitrogens is 1. The highest BCUT2D eigenvalue weighted by molar-refractivity contribution is 5.71. The van der Waals surface area contributed by atoms with Crippen molar-refractivity contribution in [3.05, 3.63) is 28.2 Å². The van der Waals surface area contributed by atoms with E-state index in [1.54, 1.807) is 0 Å². The summed E-state index contributed by atoms with van der Waals surface area (Å²) in [6, 6.07) is 1.10. The van der Waals surface area contributed by atoms with Gasteiger partial charge >= 0.3 is 5.97 Å². The number of aliphatic carboxylic acids is 1. The van der Waals surface area contributed by atoms with Crippen LogP contribution in [0.4, 0.5) is 0 Å². The molecule has 1 fully saturated rings. The summed E-state index contributed by atoms with van der Waals surface area (Å²) >= 11 is 0. The summed E-state index contributed by atoms with van der Waals surface area (Å²) in [5.74, 6) is -1.62. The zero-order valence-electron chi connectivity index (χ0n) is 9.35. The fourth-order valence-electron chi connectivity index (χ4n) is 2.57. The van der Waals surface area contributed by atoms with E-state index in [0.717, 1.165) is 25.3 Å². The van der Waals surface area contributed by atoms with Crippen LogP contribution in [0.15, 0.2) is 17.1 Å². The van der Waals surface area contributed by atoms with Gasteiger partial charge in [0.05, 0.1) is 5.92 Å². The van der Waals surface area contributed by atoms with Gasteiger partial charge in [-0.15, -0.1) is 0 Å². The molecule has 0 saturated heterocycles. The van der Waals surface area contributed by atoms with E-state index in [1.807, 2.05) is 0 Å². The van der Waals surface area contributed by atoms with Crippen LogP contribution in [0.25, 0.3) is 0 Å². The van der Waals surface area contributed by atoms with Gasteiger partial charge in [-0.05, 0) is 12.8 Å². The second-order valence-electron chi connectivity index (χ2n) is 4.47. The maximum Gasteiger partial charge on any atom is 0.307 e. The Balaban J connectivity index is 2.36. The van der Waals surface area contributed by atoms with Gasteiger partial charge in [-0.1, -0.05) is 12.8 Å². The summed E-state index contributed by atoms with van der Waals surface area (Å²) in [4.78, 5) is 24.7. The second-order valence-corrected chi connectivity index (χ2v) is 4.47. The predicted octanol–water partition coefficient (Wildman–Crippen LogP) is 1.44. The monoisotopic (exact) mass is 237 g/mol. The summed E-state index contributed by atoms with van der Waals surface area (Å²) in [5.41, 5.74) is 0.158. The van der Waals surface area contributed by atoms with Crippen molar-refractivity contribution in [1.82, 2.24) is 4.98 Å². The van der Waals surface area contributed by atoms with Crippen LogP contribution in [0, 0.1) is 5.92 Å². The Hall–Kier alpha value is -1.78. The molecule has 0 aromatic carbocycles. The quantitative estimate of drug-likeness (QED) is 0.725. The molecule has 1 aromatic rings. The molecule has 1 heterocycles. The molecule has 1 aliphatic rings. The maximum atomic E-state index is 11.2. The van der Waals surface area contributed by atoms with Crippen molar-refractivity contribution < 1.29 is 15.0 Å². The van der Waals surface area contributed by atoms with E-state index >= 15 is 0 Å². The zero-order valence-corrected chi connectivity index (χ0v) is 9.35. The van der Waals surface area contributed by atoms with Crippen LogP contribution in [0.1, 0.15) is 37.2 Å². The van der Waals surface area contributed by atoms with Gasteiger partial charge < -0.3 is 15.2 Å². The lowest BCUT2D eigenvalue weighted by Crippen LogP contribution is -2.26. The summed E-state index contributed by atoms with van der Waals surface area (Å²) < 4.78 is 0. The van der Waals surface area contributed by atoms with E-state index in [1.165, 1.54) is 6.20 Å². The summed E-state index contributed by atoms with van der Waals surface area (Å²) in [5, 5.41) is 18.9. The first-order chi connectivity index (χ1) is 8.09. The topological polar surface area (TPSA) is 90.4 Å². The third kappa shape index (κ3) is 2.33. The number of nitrogens with one attached hydrogen (secondary N) is 1. The van der Waals surface area contributed by atoms with Crippen LogP contribution < -0.4 is 5.56 Å². The molecule has 3 N–H and O–H groups in total. The van der Waals surface area contributed by atoms with Crippen LogP contribution in [0.2, 0.25) is 0 Å². The normalized spacial score (nSPS) is 24.5. The molecule has 0 aliphatic heterocycles. The van der Waals surface area contributed by atoms with Crippen molar-refractivity contribution in [3.63, 3.8) is 0 Å². The molecule has 5 nitrogen and oxygen atoms in total. The van der Waals surface area contributed by atoms with Gasteiger partial charge in [0.1, 0.15) is 5.75 Å². The number of carbonyl (C=O) groups is 1. The summed E-state index contributed by atoms with van der Waals surface area (Å²) in [6.45, 7) is 0. The smallest absolute Gasteiger partial charge is 0.307 e. The first-order valence-corrected chi connectivity index (χ1v) is 5.74. The lowest BCUT2D eigenvalue weighted by Gasteiger charge is -2.28. The van der Waals surface area contributed by atoms with Crippen LogP contribution in [-0.4, -0.2) is 21.2 Å². The van der Waals surface area contributed by atoms with Crippen LogP contribution in [0.3, 0.4) is 0 Å². The lowest BCUT2D eigenvalue weighted by atomic mass is 9.75. The van der Waals surface area contributed by atoms with Gasteiger partial charge in [-0.2, -0.15) is 0 Å². The molecule has 1 saturated carbocycles. The highest BCUT2D eigenvalue weighted by Gasteiger charge is 2.33. The number of hydrogen-bond acceptors (Lipinski definition) is 3. The Kier molecular flexibility index (Phi) is 3.17. The van der Waals surface area contributed by atoms with Crippen molar-refractivity contribution in [2.24, 2.45) is 5.92 Å². The van der Waals surface area contributed by atoms with Gasteiger partial charge in [-0.25, -0.2) is 0 Å². The van der Waals surface area contributed by atoms with Gasteiger partial charge in [0.25, 0.3) is 5.56 Å². The standard InChI is InChI=1S/C12H15NO4/c14-10-5-11(15)13-6-9(10)7-3-1-2-4-8(7)12(16)17/h5-8H,1-4H2,(H,16,17)(H2,13,14,15)/t7-,8-/m0/s1. The molecule has 1 aliphatic carbocycles. The van der Waals surface area contributed by atoms with Gasteiger partial charge in [0, 0.05) is 23.7 Å². The van der Waals surface area contributed by atoms with E-state index in [0.29, 0.717) is 12.0 Å².